The summed E-state index contributed by atoms with van der Waals surface area (Å²) in [6.45, 7) is 5.66. The molecule has 0 radical (unpaired) electrons. The Morgan fingerprint density at radius 2 is 2.11 bits per heavy atom. The van der Waals surface area contributed by atoms with Crippen molar-refractivity contribution in [2.75, 3.05) is 0 Å². The van der Waals surface area contributed by atoms with Gasteiger partial charge in [0.1, 0.15) is 5.82 Å². The molecule has 18 heavy (non-hydrogen) atoms. The molecular weight excluding hydrogens is 226 g/mol. The van der Waals surface area contributed by atoms with E-state index in [0.717, 1.165) is 11.5 Å². The molecule has 0 saturated carbocycles. The Labute approximate surface area is 106 Å². The van der Waals surface area contributed by atoms with Gasteiger partial charge in [-0.05, 0) is 19.1 Å². The molecule has 1 amide bonds. The van der Waals surface area contributed by atoms with Crippen LogP contribution in [0.3, 0.4) is 0 Å². The van der Waals surface area contributed by atoms with E-state index in [4.69, 9.17) is 0 Å². The molecule has 2 rings (SSSR count). The Kier molecular flexibility index (Phi) is 3.57. The number of amides is 1. The fraction of sp³-hybridized carbons (Fsp3) is 0.143. The van der Waals surface area contributed by atoms with Crippen LogP contribution < -0.4 is 5.32 Å². The van der Waals surface area contributed by atoms with Crippen LogP contribution in [0.4, 0.5) is 0 Å². The zero-order valence-electron chi connectivity index (χ0n) is 10.3. The van der Waals surface area contributed by atoms with Gasteiger partial charge in [0.25, 0.3) is 0 Å². The lowest BCUT2D eigenvalue weighted by Crippen LogP contribution is -2.24. The molecule has 0 atom stereocenters. The highest BCUT2D eigenvalue weighted by atomic mass is 16.1. The van der Waals surface area contributed by atoms with Crippen molar-refractivity contribution in [1.82, 2.24) is 14.9 Å². The Morgan fingerprint density at radius 1 is 1.39 bits per heavy atom. The predicted octanol–water partition coefficient (Wildman–Crippen LogP) is 2.06. The van der Waals surface area contributed by atoms with E-state index in [-0.39, 0.29) is 5.91 Å². The molecule has 0 aliphatic rings. The molecule has 0 aliphatic carbocycles. The summed E-state index contributed by atoms with van der Waals surface area (Å²) < 4.78 is 1.94. The monoisotopic (exact) mass is 241 g/mol. The first-order valence-corrected chi connectivity index (χ1v) is 5.70. The van der Waals surface area contributed by atoms with Crippen molar-refractivity contribution >= 4 is 5.91 Å². The van der Waals surface area contributed by atoms with Gasteiger partial charge in [-0.3, -0.25) is 4.79 Å². The fourth-order valence-electron chi connectivity index (χ4n) is 1.60. The summed E-state index contributed by atoms with van der Waals surface area (Å²) in [5.74, 6) is 0.633. The largest absolute Gasteiger partial charge is 0.345 e. The van der Waals surface area contributed by atoms with Crippen LogP contribution >= 0.6 is 0 Å². The van der Waals surface area contributed by atoms with Gasteiger partial charge in [-0.15, -0.1) is 0 Å². The minimum absolute atomic E-state index is 0.155. The van der Waals surface area contributed by atoms with Crippen molar-refractivity contribution < 1.29 is 4.79 Å². The first-order valence-electron chi connectivity index (χ1n) is 5.70. The molecule has 2 aromatic rings. The van der Waals surface area contributed by atoms with Crippen molar-refractivity contribution in [3.05, 3.63) is 60.7 Å². The lowest BCUT2D eigenvalue weighted by atomic mass is 10.3. The van der Waals surface area contributed by atoms with Crippen LogP contribution in [0.1, 0.15) is 12.7 Å². The van der Waals surface area contributed by atoms with Gasteiger partial charge in [-0.2, -0.15) is 0 Å². The molecule has 1 aromatic heterocycles. The van der Waals surface area contributed by atoms with Gasteiger partial charge in [-0.25, -0.2) is 4.98 Å². The smallest absolute Gasteiger partial charge is 0.246 e. The van der Waals surface area contributed by atoms with Gasteiger partial charge < -0.3 is 9.88 Å². The van der Waals surface area contributed by atoms with Crippen molar-refractivity contribution in [3.8, 4) is 5.69 Å². The third-order valence-corrected chi connectivity index (χ3v) is 2.55. The van der Waals surface area contributed by atoms with E-state index in [2.05, 4.69) is 16.9 Å². The van der Waals surface area contributed by atoms with E-state index < -0.39 is 0 Å². The van der Waals surface area contributed by atoms with Crippen molar-refractivity contribution in [1.29, 1.82) is 0 Å². The molecular formula is C14H15N3O. The summed E-state index contributed by atoms with van der Waals surface area (Å²) >= 11 is 0. The molecule has 0 aliphatic heterocycles. The average molecular weight is 241 g/mol. The number of rotatable bonds is 4. The number of aromatic nitrogens is 2. The molecule has 1 aromatic carbocycles. The Morgan fingerprint density at radius 3 is 2.78 bits per heavy atom. The highest BCUT2D eigenvalue weighted by Crippen LogP contribution is 2.09. The predicted molar refractivity (Wildman–Crippen MR) is 70.2 cm³/mol. The third kappa shape index (κ3) is 2.66. The fourth-order valence-corrected chi connectivity index (χ4v) is 1.60. The minimum atomic E-state index is -0.155. The summed E-state index contributed by atoms with van der Waals surface area (Å²) in [6, 6.07) is 9.87. The molecule has 0 spiro atoms. The third-order valence-electron chi connectivity index (χ3n) is 2.55. The summed E-state index contributed by atoms with van der Waals surface area (Å²) in [6.07, 6.45) is 3.59. The van der Waals surface area contributed by atoms with E-state index >= 15 is 0 Å². The Bertz CT molecular complexity index is 557. The maximum absolute atomic E-state index is 11.4. The second-order valence-electron chi connectivity index (χ2n) is 4.01. The molecule has 0 bridgehead atoms. The number of carbonyl (C=O) groups is 1. The van der Waals surface area contributed by atoms with Gasteiger partial charge in [0, 0.05) is 23.7 Å². The summed E-state index contributed by atoms with van der Waals surface area (Å²) in [4.78, 5) is 15.7. The highest BCUT2D eigenvalue weighted by Gasteiger charge is 2.06. The maximum Gasteiger partial charge on any atom is 0.246 e. The summed E-state index contributed by atoms with van der Waals surface area (Å²) in [5, 5.41) is 2.77. The lowest BCUT2D eigenvalue weighted by Gasteiger charge is -2.08. The SMILES string of the molecule is C=C(C)C(=O)NCc1nccn1-c1ccccc1. The second kappa shape index (κ2) is 5.31. The van der Waals surface area contributed by atoms with E-state index in [9.17, 15) is 4.79 Å². The maximum atomic E-state index is 11.4. The second-order valence-corrected chi connectivity index (χ2v) is 4.01. The number of carbonyl (C=O) groups excluding carboxylic acids is 1. The Hall–Kier alpha value is -2.36. The number of benzene rings is 1. The van der Waals surface area contributed by atoms with Crippen molar-refractivity contribution in [2.24, 2.45) is 0 Å². The number of hydrogen-bond acceptors (Lipinski definition) is 2. The van der Waals surface area contributed by atoms with E-state index in [0.29, 0.717) is 12.1 Å². The highest BCUT2D eigenvalue weighted by molar-refractivity contribution is 5.91. The van der Waals surface area contributed by atoms with Gasteiger partial charge in [0.05, 0.1) is 6.54 Å². The van der Waals surface area contributed by atoms with Crippen LogP contribution in [0.15, 0.2) is 54.9 Å². The van der Waals surface area contributed by atoms with Crippen molar-refractivity contribution in [3.63, 3.8) is 0 Å². The topological polar surface area (TPSA) is 46.9 Å². The van der Waals surface area contributed by atoms with Crippen LogP contribution in [-0.2, 0) is 11.3 Å². The number of para-hydroxylation sites is 1. The number of nitrogens with one attached hydrogen (secondary N) is 1. The zero-order chi connectivity index (χ0) is 13.0. The quantitative estimate of drug-likeness (QED) is 0.833. The summed E-state index contributed by atoms with van der Waals surface area (Å²) in [5.41, 5.74) is 1.52. The normalized spacial score (nSPS) is 10.1. The van der Waals surface area contributed by atoms with Gasteiger partial charge in [0.15, 0.2) is 0 Å². The molecule has 92 valence electrons. The van der Waals surface area contributed by atoms with E-state index in [1.807, 2.05) is 41.1 Å². The Balaban J connectivity index is 2.14. The standard InChI is InChI=1S/C14H15N3O/c1-11(2)14(18)16-10-13-15-8-9-17(13)12-6-4-3-5-7-12/h3-9H,1,10H2,2H3,(H,16,18). The van der Waals surface area contributed by atoms with E-state index in [1.165, 1.54) is 0 Å². The van der Waals surface area contributed by atoms with Crippen LogP contribution in [0, 0.1) is 0 Å². The molecule has 4 heteroatoms. The van der Waals surface area contributed by atoms with Gasteiger partial charge in [0.2, 0.25) is 5.91 Å². The van der Waals surface area contributed by atoms with Crippen LogP contribution in [0.25, 0.3) is 5.69 Å². The van der Waals surface area contributed by atoms with Crippen LogP contribution in [0.5, 0.6) is 0 Å². The number of nitrogens with zero attached hydrogens (tertiary/aromatic N) is 2. The summed E-state index contributed by atoms with van der Waals surface area (Å²) in [7, 11) is 0. The first-order chi connectivity index (χ1) is 8.68. The molecule has 0 unspecified atom stereocenters. The van der Waals surface area contributed by atoms with Crippen LogP contribution in [0.2, 0.25) is 0 Å². The zero-order valence-corrected chi connectivity index (χ0v) is 10.3. The van der Waals surface area contributed by atoms with E-state index in [1.54, 1.807) is 13.1 Å². The average Bonchev–Trinajstić information content (AvgIpc) is 2.85. The first kappa shape index (κ1) is 12.1. The molecule has 0 saturated heterocycles. The van der Waals surface area contributed by atoms with Crippen molar-refractivity contribution in [2.45, 2.75) is 13.5 Å². The lowest BCUT2D eigenvalue weighted by molar-refractivity contribution is -0.117. The molecule has 1 N–H and O–H groups in total. The van der Waals surface area contributed by atoms with Crippen LogP contribution in [-0.4, -0.2) is 15.5 Å². The molecule has 0 fully saturated rings. The van der Waals surface area contributed by atoms with Gasteiger partial charge in [-0.1, -0.05) is 24.8 Å². The minimum Gasteiger partial charge on any atom is -0.345 e. The number of imidazole rings is 1. The van der Waals surface area contributed by atoms with Gasteiger partial charge >= 0.3 is 0 Å². The molecule has 1 heterocycles. The molecule has 4 nitrogen and oxygen atoms in total. The number of hydrogen-bond donors (Lipinski definition) is 1.